The monoisotopic (exact) mass is 475 g/mol. The van der Waals surface area contributed by atoms with Crippen LogP contribution in [0.5, 0.6) is 11.5 Å². The van der Waals surface area contributed by atoms with Crippen molar-refractivity contribution < 1.29 is 14.3 Å². The summed E-state index contributed by atoms with van der Waals surface area (Å²) in [5.41, 5.74) is 7.68. The molecule has 0 aliphatic heterocycles. The molecule has 168 valence electrons. The van der Waals surface area contributed by atoms with E-state index in [1.165, 1.54) is 16.8 Å². The molecule has 3 rings (SSSR count). The molecule has 0 radical (unpaired) electrons. The van der Waals surface area contributed by atoms with Crippen LogP contribution in [0, 0.1) is 0 Å². The minimum atomic E-state index is -0.960. The topological polar surface area (TPSA) is 96.4 Å². The second-order valence-electron chi connectivity index (χ2n) is 7.52. The number of rotatable bonds is 7. The highest BCUT2D eigenvalue weighted by Crippen LogP contribution is 2.32. The summed E-state index contributed by atoms with van der Waals surface area (Å²) in [6, 6.07) is 12.2. The Morgan fingerprint density at radius 2 is 1.72 bits per heavy atom. The predicted molar refractivity (Wildman–Crippen MR) is 124 cm³/mol. The fraction of sp³-hybridized carbons (Fsp3) is 0.261. The number of halogens is 2. The first kappa shape index (κ1) is 23.6. The minimum absolute atomic E-state index is 0.00338. The molecule has 9 heteroatoms. The molecule has 0 atom stereocenters. The molecule has 0 unspecified atom stereocenters. The number of nitrogens with zero attached hydrogens (tertiary/aromatic N) is 2. The zero-order valence-electron chi connectivity index (χ0n) is 17.9. The SMILES string of the molecule is COc1ccc(Cn2nc(Cc3c(Cl)cc(OC(N)=O)cc3Cl)cc(C(C)C)c2=O)cc1. The largest absolute Gasteiger partial charge is 0.497 e. The summed E-state index contributed by atoms with van der Waals surface area (Å²) >= 11 is 12.8. The smallest absolute Gasteiger partial charge is 0.409 e. The molecule has 0 fully saturated rings. The van der Waals surface area contributed by atoms with Crippen LogP contribution in [0.1, 0.15) is 42.1 Å². The third kappa shape index (κ3) is 5.60. The first-order valence-electron chi connectivity index (χ1n) is 9.87. The Morgan fingerprint density at radius 3 is 2.25 bits per heavy atom. The number of hydrogen-bond donors (Lipinski definition) is 1. The van der Waals surface area contributed by atoms with E-state index in [0.29, 0.717) is 33.4 Å². The second kappa shape index (κ2) is 10.1. The van der Waals surface area contributed by atoms with Crippen LogP contribution < -0.4 is 20.8 Å². The predicted octanol–water partition coefficient (Wildman–Crippen LogP) is 4.78. The fourth-order valence-corrected chi connectivity index (χ4v) is 3.84. The van der Waals surface area contributed by atoms with Gasteiger partial charge in [0.25, 0.3) is 5.56 Å². The van der Waals surface area contributed by atoms with Crippen LogP contribution in [0.4, 0.5) is 4.79 Å². The lowest BCUT2D eigenvalue weighted by Crippen LogP contribution is -2.28. The maximum Gasteiger partial charge on any atom is 0.409 e. The van der Waals surface area contributed by atoms with Gasteiger partial charge in [0.2, 0.25) is 0 Å². The summed E-state index contributed by atoms with van der Waals surface area (Å²) in [5, 5.41) is 5.15. The van der Waals surface area contributed by atoms with Crippen molar-refractivity contribution in [3.05, 3.63) is 85.2 Å². The number of carbonyl (C=O) groups excluding carboxylic acids is 1. The minimum Gasteiger partial charge on any atom is -0.497 e. The summed E-state index contributed by atoms with van der Waals surface area (Å²) < 4.78 is 11.5. The normalized spacial score (nSPS) is 10.9. The van der Waals surface area contributed by atoms with E-state index in [2.05, 4.69) is 5.10 Å². The van der Waals surface area contributed by atoms with Crippen molar-refractivity contribution >= 4 is 29.3 Å². The number of benzene rings is 2. The highest BCUT2D eigenvalue weighted by atomic mass is 35.5. The average molecular weight is 476 g/mol. The summed E-state index contributed by atoms with van der Waals surface area (Å²) in [6.07, 6.45) is -0.671. The number of carbonyl (C=O) groups is 1. The van der Waals surface area contributed by atoms with Crippen molar-refractivity contribution in [2.24, 2.45) is 5.73 Å². The van der Waals surface area contributed by atoms with E-state index in [-0.39, 0.29) is 23.6 Å². The van der Waals surface area contributed by atoms with E-state index in [1.54, 1.807) is 13.2 Å². The quantitative estimate of drug-likeness (QED) is 0.530. The van der Waals surface area contributed by atoms with Gasteiger partial charge in [-0.1, -0.05) is 49.2 Å². The molecule has 2 aromatic carbocycles. The van der Waals surface area contributed by atoms with E-state index >= 15 is 0 Å². The van der Waals surface area contributed by atoms with E-state index in [9.17, 15) is 9.59 Å². The third-order valence-corrected chi connectivity index (χ3v) is 5.53. The molecule has 0 spiro atoms. The Bertz CT molecular complexity index is 1170. The third-order valence-electron chi connectivity index (χ3n) is 4.86. The zero-order chi connectivity index (χ0) is 23.4. The van der Waals surface area contributed by atoms with Gasteiger partial charge in [-0.2, -0.15) is 5.10 Å². The molecule has 0 saturated heterocycles. The number of ether oxygens (including phenoxy) is 2. The fourth-order valence-electron chi connectivity index (χ4n) is 3.24. The Hall–Kier alpha value is -3.03. The van der Waals surface area contributed by atoms with Crippen LogP contribution in [0.3, 0.4) is 0 Å². The van der Waals surface area contributed by atoms with Crippen LogP contribution in [-0.2, 0) is 13.0 Å². The molecule has 0 saturated carbocycles. The van der Waals surface area contributed by atoms with Crippen molar-refractivity contribution in [1.82, 2.24) is 9.78 Å². The Kier molecular flexibility index (Phi) is 7.43. The number of methoxy groups -OCH3 is 1. The van der Waals surface area contributed by atoms with Gasteiger partial charge >= 0.3 is 6.09 Å². The lowest BCUT2D eigenvalue weighted by Gasteiger charge is -2.14. The number of primary amides is 1. The highest BCUT2D eigenvalue weighted by molar-refractivity contribution is 6.36. The Balaban J connectivity index is 1.98. The van der Waals surface area contributed by atoms with Crippen molar-refractivity contribution in [3.63, 3.8) is 0 Å². The lowest BCUT2D eigenvalue weighted by atomic mass is 10.0. The first-order valence-corrected chi connectivity index (χ1v) is 10.6. The average Bonchev–Trinajstić information content (AvgIpc) is 2.72. The molecule has 1 aromatic heterocycles. The molecule has 32 heavy (non-hydrogen) atoms. The number of aromatic nitrogens is 2. The van der Waals surface area contributed by atoms with Gasteiger partial charge in [-0.3, -0.25) is 4.79 Å². The van der Waals surface area contributed by atoms with E-state index in [4.69, 9.17) is 38.4 Å². The highest BCUT2D eigenvalue weighted by Gasteiger charge is 2.16. The molecular weight excluding hydrogens is 453 g/mol. The second-order valence-corrected chi connectivity index (χ2v) is 8.33. The number of amides is 1. The van der Waals surface area contributed by atoms with Gasteiger partial charge < -0.3 is 15.2 Å². The summed E-state index contributed by atoms with van der Waals surface area (Å²) in [7, 11) is 1.60. The summed E-state index contributed by atoms with van der Waals surface area (Å²) in [5.74, 6) is 0.888. The van der Waals surface area contributed by atoms with E-state index in [1.807, 2.05) is 38.1 Å². The van der Waals surface area contributed by atoms with Gasteiger partial charge in [-0.15, -0.1) is 0 Å². The summed E-state index contributed by atoms with van der Waals surface area (Å²) in [6.45, 7) is 4.21. The van der Waals surface area contributed by atoms with Crippen LogP contribution >= 0.6 is 23.2 Å². The molecule has 1 heterocycles. The van der Waals surface area contributed by atoms with Crippen LogP contribution in [0.25, 0.3) is 0 Å². The molecule has 3 aromatic rings. The molecule has 1 amide bonds. The van der Waals surface area contributed by atoms with Gasteiger partial charge in [0.15, 0.2) is 0 Å². The zero-order valence-corrected chi connectivity index (χ0v) is 19.4. The van der Waals surface area contributed by atoms with Gasteiger partial charge in [0, 0.05) is 22.0 Å². The Morgan fingerprint density at radius 1 is 1.09 bits per heavy atom. The van der Waals surface area contributed by atoms with E-state index < -0.39 is 6.09 Å². The van der Waals surface area contributed by atoms with Gasteiger partial charge in [0.05, 0.1) is 19.3 Å². The Labute approximate surface area is 195 Å². The maximum absolute atomic E-state index is 13.0. The lowest BCUT2D eigenvalue weighted by molar-refractivity contribution is 0.211. The van der Waals surface area contributed by atoms with E-state index in [0.717, 1.165) is 11.3 Å². The van der Waals surface area contributed by atoms with Crippen molar-refractivity contribution in [2.45, 2.75) is 32.7 Å². The van der Waals surface area contributed by atoms with Crippen molar-refractivity contribution in [2.75, 3.05) is 7.11 Å². The van der Waals surface area contributed by atoms with Gasteiger partial charge in [-0.25, -0.2) is 9.48 Å². The van der Waals surface area contributed by atoms with Gasteiger partial charge in [0.1, 0.15) is 11.5 Å². The van der Waals surface area contributed by atoms with Crippen LogP contribution in [-0.4, -0.2) is 23.0 Å². The summed E-state index contributed by atoms with van der Waals surface area (Å²) in [4.78, 5) is 24.0. The van der Waals surface area contributed by atoms with Crippen LogP contribution in [0.2, 0.25) is 10.0 Å². The number of hydrogen-bond acceptors (Lipinski definition) is 5. The molecular formula is C23H23Cl2N3O4. The standard InChI is InChI=1S/C23H23Cl2N3O4/c1-13(2)18-8-15(9-19-20(24)10-17(11-21(19)25)32-23(26)30)27-28(22(18)29)12-14-4-6-16(31-3)7-5-14/h4-8,10-11,13H,9,12H2,1-3H3,(H2,26,30). The molecule has 0 bridgehead atoms. The molecule has 2 N–H and O–H groups in total. The molecule has 0 aliphatic rings. The van der Waals surface area contributed by atoms with Crippen molar-refractivity contribution in [1.29, 1.82) is 0 Å². The maximum atomic E-state index is 13.0. The first-order chi connectivity index (χ1) is 15.2. The molecule has 7 nitrogen and oxygen atoms in total. The van der Waals surface area contributed by atoms with Crippen LogP contribution in [0.15, 0.2) is 47.3 Å². The molecule has 0 aliphatic carbocycles. The van der Waals surface area contributed by atoms with Crippen molar-refractivity contribution in [3.8, 4) is 11.5 Å². The van der Waals surface area contributed by atoms with Gasteiger partial charge in [-0.05, 0) is 47.4 Å². The number of nitrogens with two attached hydrogens (primary N) is 1.